The van der Waals surface area contributed by atoms with Gasteiger partial charge in [0.25, 0.3) is 0 Å². The lowest BCUT2D eigenvalue weighted by atomic mass is 10.1. The minimum atomic E-state index is 0.0212. The summed E-state index contributed by atoms with van der Waals surface area (Å²) in [7, 11) is 1.64. The molecule has 19 heavy (non-hydrogen) atoms. The molecule has 106 valence electrons. The minimum Gasteiger partial charge on any atom is -0.497 e. The minimum absolute atomic E-state index is 0.0212. The third-order valence-corrected chi connectivity index (χ3v) is 3.10. The van der Waals surface area contributed by atoms with Gasteiger partial charge in [-0.2, -0.15) is 0 Å². The maximum Gasteiger partial charge on any atom is 0.220 e. The smallest absolute Gasteiger partial charge is 0.220 e. The first kappa shape index (κ1) is 15.5. The quantitative estimate of drug-likeness (QED) is 0.709. The van der Waals surface area contributed by atoms with Gasteiger partial charge in [-0.15, -0.1) is 0 Å². The summed E-state index contributed by atoms with van der Waals surface area (Å²) < 4.78 is 5.11. The molecular weight excluding hydrogens is 240 g/mol. The Morgan fingerprint density at radius 2 is 1.95 bits per heavy atom. The molecule has 0 aromatic heterocycles. The number of amides is 1. The SMILES string of the molecule is COc1ccc(C(C)NC(=O)CCCCCN)cc1. The van der Waals surface area contributed by atoms with Crippen LogP contribution in [0.2, 0.25) is 0 Å². The highest BCUT2D eigenvalue weighted by molar-refractivity contribution is 5.76. The van der Waals surface area contributed by atoms with E-state index < -0.39 is 0 Å². The molecule has 0 saturated heterocycles. The average molecular weight is 264 g/mol. The molecule has 4 heteroatoms. The number of rotatable bonds is 8. The lowest BCUT2D eigenvalue weighted by Gasteiger charge is -2.14. The number of benzene rings is 1. The number of ether oxygens (including phenoxy) is 1. The van der Waals surface area contributed by atoms with Gasteiger partial charge in [-0.1, -0.05) is 18.6 Å². The molecule has 4 nitrogen and oxygen atoms in total. The van der Waals surface area contributed by atoms with E-state index in [1.807, 2.05) is 31.2 Å². The highest BCUT2D eigenvalue weighted by Gasteiger charge is 2.09. The van der Waals surface area contributed by atoms with Gasteiger partial charge >= 0.3 is 0 Å². The molecule has 0 heterocycles. The molecule has 1 aromatic rings. The highest BCUT2D eigenvalue weighted by Crippen LogP contribution is 2.17. The first-order valence-corrected chi connectivity index (χ1v) is 6.80. The molecular formula is C15H24N2O2. The predicted octanol–water partition coefficient (Wildman–Crippen LogP) is 2.39. The van der Waals surface area contributed by atoms with Crippen molar-refractivity contribution in [3.63, 3.8) is 0 Å². The molecule has 3 N–H and O–H groups in total. The molecule has 0 fully saturated rings. The fraction of sp³-hybridized carbons (Fsp3) is 0.533. The summed E-state index contributed by atoms with van der Waals surface area (Å²) in [6, 6.07) is 7.77. The van der Waals surface area contributed by atoms with Gasteiger partial charge in [-0.25, -0.2) is 0 Å². The van der Waals surface area contributed by atoms with Crippen molar-refractivity contribution >= 4 is 5.91 Å². The van der Waals surface area contributed by atoms with Crippen molar-refractivity contribution in [1.82, 2.24) is 5.32 Å². The molecule has 0 bridgehead atoms. The lowest BCUT2D eigenvalue weighted by Crippen LogP contribution is -2.26. The van der Waals surface area contributed by atoms with Crippen LogP contribution in [-0.4, -0.2) is 19.6 Å². The molecule has 1 amide bonds. The number of unbranched alkanes of at least 4 members (excludes halogenated alkanes) is 2. The Morgan fingerprint density at radius 3 is 2.53 bits per heavy atom. The van der Waals surface area contributed by atoms with Crippen molar-refractivity contribution in [2.75, 3.05) is 13.7 Å². The van der Waals surface area contributed by atoms with E-state index >= 15 is 0 Å². The highest BCUT2D eigenvalue weighted by atomic mass is 16.5. The summed E-state index contributed by atoms with van der Waals surface area (Å²) in [5.41, 5.74) is 6.49. The van der Waals surface area contributed by atoms with Crippen LogP contribution < -0.4 is 15.8 Å². The molecule has 0 aliphatic carbocycles. The van der Waals surface area contributed by atoms with E-state index in [1.54, 1.807) is 7.11 Å². The maximum absolute atomic E-state index is 11.7. The van der Waals surface area contributed by atoms with E-state index in [4.69, 9.17) is 10.5 Å². The van der Waals surface area contributed by atoms with E-state index in [9.17, 15) is 4.79 Å². The molecule has 0 aliphatic rings. The summed E-state index contributed by atoms with van der Waals surface area (Å²) >= 11 is 0. The van der Waals surface area contributed by atoms with Crippen molar-refractivity contribution in [3.8, 4) is 5.75 Å². The normalized spacial score (nSPS) is 11.9. The second-order valence-electron chi connectivity index (χ2n) is 4.66. The van der Waals surface area contributed by atoms with Crippen LogP contribution in [0, 0.1) is 0 Å². The summed E-state index contributed by atoms with van der Waals surface area (Å²) in [4.78, 5) is 11.7. The topological polar surface area (TPSA) is 64.3 Å². The van der Waals surface area contributed by atoms with E-state index in [0.29, 0.717) is 13.0 Å². The average Bonchev–Trinajstić information content (AvgIpc) is 2.43. The van der Waals surface area contributed by atoms with Gasteiger partial charge in [0.2, 0.25) is 5.91 Å². The van der Waals surface area contributed by atoms with Gasteiger partial charge in [0.1, 0.15) is 5.75 Å². The van der Waals surface area contributed by atoms with Gasteiger partial charge in [-0.05, 0) is 44.0 Å². The number of methoxy groups -OCH3 is 1. The maximum atomic E-state index is 11.7. The monoisotopic (exact) mass is 264 g/mol. The van der Waals surface area contributed by atoms with Crippen LogP contribution in [0.25, 0.3) is 0 Å². The standard InChI is InChI=1S/C15H24N2O2/c1-12(13-7-9-14(19-2)10-8-13)17-15(18)6-4-3-5-11-16/h7-10,12H,3-6,11,16H2,1-2H3,(H,17,18). The number of carbonyl (C=O) groups excluding carboxylic acids is 1. The Hall–Kier alpha value is -1.55. The van der Waals surface area contributed by atoms with E-state index in [-0.39, 0.29) is 11.9 Å². The van der Waals surface area contributed by atoms with E-state index in [0.717, 1.165) is 30.6 Å². The molecule has 0 spiro atoms. The van der Waals surface area contributed by atoms with Crippen molar-refractivity contribution in [3.05, 3.63) is 29.8 Å². The zero-order valence-corrected chi connectivity index (χ0v) is 11.8. The third-order valence-electron chi connectivity index (χ3n) is 3.10. The summed E-state index contributed by atoms with van der Waals surface area (Å²) in [6.45, 7) is 2.68. The van der Waals surface area contributed by atoms with Gasteiger partial charge in [0.15, 0.2) is 0 Å². The summed E-state index contributed by atoms with van der Waals surface area (Å²) in [5.74, 6) is 0.921. The van der Waals surface area contributed by atoms with E-state index in [2.05, 4.69) is 5.32 Å². The Balaban J connectivity index is 2.36. The molecule has 0 saturated carbocycles. The fourth-order valence-electron chi connectivity index (χ4n) is 1.90. The summed E-state index contributed by atoms with van der Waals surface area (Å²) in [6.07, 6.45) is 3.47. The van der Waals surface area contributed by atoms with Gasteiger partial charge in [0, 0.05) is 6.42 Å². The van der Waals surface area contributed by atoms with Crippen LogP contribution in [0.15, 0.2) is 24.3 Å². The number of hydrogen-bond donors (Lipinski definition) is 2. The van der Waals surface area contributed by atoms with Gasteiger partial charge in [-0.3, -0.25) is 4.79 Å². The Morgan fingerprint density at radius 1 is 1.26 bits per heavy atom. The van der Waals surface area contributed by atoms with Crippen LogP contribution in [0.5, 0.6) is 5.75 Å². The molecule has 1 atom stereocenters. The number of nitrogens with one attached hydrogen (secondary N) is 1. The van der Waals surface area contributed by atoms with Crippen LogP contribution in [-0.2, 0) is 4.79 Å². The Bertz CT molecular complexity index is 376. The second kappa shape index (κ2) is 8.53. The first-order chi connectivity index (χ1) is 9.17. The van der Waals surface area contributed by atoms with Crippen molar-refractivity contribution in [2.24, 2.45) is 5.73 Å². The van der Waals surface area contributed by atoms with Crippen molar-refractivity contribution in [1.29, 1.82) is 0 Å². The molecule has 1 unspecified atom stereocenters. The Labute approximate surface area is 115 Å². The fourth-order valence-corrected chi connectivity index (χ4v) is 1.90. The third kappa shape index (κ3) is 5.75. The number of carbonyl (C=O) groups is 1. The molecule has 0 aliphatic heterocycles. The first-order valence-electron chi connectivity index (χ1n) is 6.80. The molecule has 0 radical (unpaired) electrons. The zero-order chi connectivity index (χ0) is 14.1. The number of nitrogens with two attached hydrogens (primary N) is 1. The van der Waals surface area contributed by atoms with Crippen LogP contribution in [0.1, 0.15) is 44.2 Å². The molecule has 1 rings (SSSR count). The van der Waals surface area contributed by atoms with E-state index in [1.165, 1.54) is 0 Å². The summed E-state index contributed by atoms with van der Waals surface area (Å²) in [5, 5.41) is 3.00. The Kier molecular flexibility index (Phi) is 6.97. The lowest BCUT2D eigenvalue weighted by molar-refractivity contribution is -0.121. The molecule has 1 aromatic carbocycles. The van der Waals surface area contributed by atoms with Crippen LogP contribution >= 0.6 is 0 Å². The number of hydrogen-bond acceptors (Lipinski definition) is 3. The van der Waals surface area contributed by atoms with Gasteiger partial charge < -0.3 is 15.8 Å². The van der Waals surface area contributed by atoms with Crippen molar-refractivity contribution in [2.45, 2.75) is 38.6 Å². The predicted molar refractivity (Wildman–Crippen MR) is 77.1 cm³/mol. The van der Waals surface area contributed by atoms with Gasteiger partial charge in [0.05, 0.1) is 13.2 Å². The van der Waals surface area contributed by atoms with Crippen molar-refractivity contribution < 1.29 is 9.53 Å². The van der Waals surface area contributed by atoms with Crippen LogP contribution in [0.3, 0.4) is 0 Å². The zero-order valence-electron chi connectivity index (χ0n) is 11.8. The largest absolute Gasteiger partial charge is 0.497 e. The van der Waals surface area contributed by atoms with Crippen LogP contribution in [0.4, 0.5) is 0 Å². The second-order valence-corrected chi connectivity index (χ2v) is 4.66.